The van der Waals surface area contributed by atoms with Gasteiger partial charge in [-0.2, -0.15) is 8.39 Å². The van der Waals surface area contributed by atoms with E-state index in [0.29, 0.717) is 0 Å². The maximum atomic E-state index is 11.5. The van der Waals surface area contributed by atoms with Gasteiger partial charge in [0.25, 0.3) is 0 Å². The Kier molecular flexibility index (Phi) is 2.80. The van der Waals surface area contributed by atoms with E-state index < -0.39 is 8.77 Å². The minimum absolute atomic E-state index is 0.133. The molecule has 0 aliphatic heterocycles. The quantitative estimate of drug-likeness (QED) is 0.555. The fourth-order valence-corrected chi connectivity index (χ4v) is 1.54. The Labute approximate surface area is 54.5 Å². The fourth-order valence-electron chi connectivity index (χ4n) is 1.11. The van der Waals surface area contributed by atoms with Gasteiger partial charge in [-0.1, -0.05) is 12.8 Å². The molecule has 1 aliphatic carbocycles. The minimum atomic E-state index is -3.11. The molecule has 0 saturated heterocycles. The Hall–Kier alpha value is 0.250. The van der Waals surface area contributed by atoms with Crippen molar-refractivity contribution in [2.75, 3.05) is 0 Å². The van der Waals surface area contributed by atoms with E-state index in [4.69, 9.17) is 0 Å². The maximum absolute atomic E-state index is 11.5. The van der Waals surface area contributed by atoms with Crippen molar-refractivity contribution in [3.05, 3.63) is 0 Å². The highest BCUT2D eigenvalue weighted by Gasteiger charge is 2.20. The van der Waals surface area contributed by atoms with Crippen LogP contribution in [-0.4, -0.2) is 6.10 Å². The molecule has 1 nitrogen and oxygen atoms in total. The Morgan fingerprint density at radius 1 is 1.22 bits per heavy atom. The van der Waals surface area contributed by atoms with Crippen LogP contribution in [0.4, 0.5) is 8.39 Å². The molecule has 54 valence electrons. The average molecular weight is 154 g/mol. The van der Waals surface area contributed by atoms with Crippen LogP contribution in [-0.2, 0) is 4.52 Å². The van der Waals surface area contributed by atoms with Crippen molar-refractivity contribution in [3.63, 3.8) is 0 Å². The first-order chi connectivity index (χ1) is 4.29. The van der Waals surface area contributed by atoms with Crippen LogP contribution in [0.5, 0.6) is 0 Å². The minimum Gasteiger partial charge on any atom is -0.302 e. The second-order valence-corrected chi connectivity index (χ2v) is 2.83. The molecule has 0 radical (unpaired) electrons. The molecule has 0 aromatic heterocycles. The SMILES string of the molecule is FP(F)OC1CCCC1. The smallest absolute Gasteiger partial charge is 0.302 e. The molecular formula is C5H9F2OP. The summed E-state index contributed by atoms with van der Waals surface area (Å²) in [5.74, 6) is 0. The van der Waals surface area contributed by atoms with Gasteiger partial charge in [0.15, 0.2) is 0 Å². The van der Waals surface area contributed by atoms with Gasteiger partial charge < -0.3 is 4.52 Å². The van der Waals surface area contributed by atoms with Crippen molar-refractivity contribution in [3.8, 4) is 0 Å². The molecule has 0 aromatic carbocycles. The Morgan fingerprint density at radius 2 is 1.78 bits per heavy atom. The summed E-state index contributed by atoms with van der Waals surface area (Å²) in [6, 6.07) is 0. The number of rotatable bonds is 2. The molecule has 0 atom stereocenters. The highest BCUT2D eigenvalue weighted by molar-refractivity contribution is 7.40. The van der Waals surface area contributed by atoms with Gasteiger partial charge in [0, 0.05) is 0 Å². The molecule has 0 bridgehead atoms. The van der Waals surface area contributed by atoms with Crippen molar-refractivity contribution >= 4 is 8.77 Å². The van der Waals surface area contributed by atoms with Crippen LogP contribution in [0, 0.1) is 0 Å². The van der Waals surface area contributed by atoms with Crippen LogP contribution in [0.15, 0.2) is 0 Å². The first-order valence-electron chi connectivity index (χ1n) is 3.07. The Morgan fingerprint density at radius 3 is 2.22 bits per heavy atom. The van der Waals surface area contributed by atoms with Gasteiger partial charge in [-0.3, -0.25) is 0 Å². The zero-order valence-electron chi connectivity index (χ0n) is 5.02. The third-order valence-corrected chi connectivity index (χ3v) is 1.99. The predicted molar refractivity (Wildman–Crippen MR) is 32.5 cm³/mol. The van der Waals surface area contributed by atoms with Gasteiger partial charge in [-0.15, -0.1) is 0 Å². The largest absolute Gasteiger partial charge is 0.415 e. The van der Waals surface area contributed by atoms with Crippen molar-refractivity contribution in [1.29, 1.82) is 0 Å². The summed E-state index contributed by atoms with van der Waals surface area (Å²) < 4.78 is 27.4. The third-order valence-electron chi connectivity index (χ3n) is 1.53. The first-order valence-corrected chi connectivity index (χ1v) is 4.11. The fraction of sp³-hybridized carbons (Fsp3) is 1.00. The highest BCUT2D eigenvalue weighted by Crippen LogP contribution is 2.44. The van der Waals surface area contributed by atoms with Crippen LogP contribution >= 0.6 is 8.77 Å². The first kappa shape index (κ1) is 7.36. The average Bonchev–Trinajstić information content (AvgIpc) is 2.15. The lowest BCUT2D eigenvalue weighted by Gasteiger charge is -2.06. The van der Waals surface area contributed by atoms with Gasteiger partial charge in [0.1, 0.15) is 0 Å². The molecule has 9 heavy (non-hydrogen) atoms. The molecule has 0 spiro atoms. The van der Waals surface area contributed by atoms with E-state index in [2.05, 4.69) is 4.52 Å². The molecule has 0 unspecified atom stereocenters. The molecule has 1 saturated carbocycles. The van der Waals surface area contributed by atoms with Crippen LogP contribution in [0.1, 0.15) is 25.7 Å². The highest BCUT2D eigenvalue weighted by atomic mass is 31.2. The van der Waals surface area contributed by atoms with Gasteiger partial charge in [-0.05, 0) is 12.8 Å². The zero-order valence-corrected chi connectivity index (χ0v) is 5.91. The molecule has 1 rings (SSSR count). The second kappa shape index (κ2) is 3.43. The van der Waals surface area contributed by atoms with E-state index in [1.807, 2.05) is 0 Å². The maximum Gasteiger partial charge on any atom is 0.415 e. The van der Waals surface area contributed by atoms with E-state index >= 15 is 0 Å². The van der Waals surface area contributed by atoms with Crippen molar-refractivity contribution in [1.82, 2.24) is 0 Å². The van der Waals surface area contributed by atoms with Gasteiger partial charge in [-0.25, -0.2) is 0 Å². The lowest BCUT2D eigenvalue weighted by molar-refractivity contribution is 0.207. The summed E-state index contributed by atoms with van der Waals surface area (Å²) in [5.41, 5.74) is 0. The molecule has 4 heteroatoms. The predicted octanol–water partition coefficient (Wildman–Crippen LogP) is 3.11. The van der Waals surface area contributed by atoms with Gasteiger partial charge >= 0.3 is 8.77 Å². The second-order valence-electron chi connectivity index (χ2n) is 2.21. The lowest BCUT2D eigenvalue weighted by atomic mass is 10.3. The van der Waals surface area contributed by atoms with E-state index in [-0.39, 0.29) is 6.10 Å². The number of halogens is 2. The van der Waals surface area contributed by atoms with E-state index in [1.165, 1.54) is 0 Å². The monoisotopic (exact) mass is 154 g/mol. The van der Waals surface area contributed by atoms with E-state index in [1.54, 1.807) is 0 Å². The standard InChI is InChI=1S/C5H9F2OP/c6-9(7)8-5-3-1-2-4-5/h5H,1-4H2. The van der Waals surface area contributed by atoms with E-state index in [9.17, 15) is 8.39 Å². The summed E-state index contributed by atoms with van der Waals surface area (Å²) in [6.45, 7) is 0. The zero-order chi connectivity index (χ0) is 6.69. The molecule has 0 aromatic rings. The normalized spacial score (nSPS) is 21.7. The van der Waals surface area contributed by atoms with Crippen LogP contribution in [0.2, 0.25) is 0 Å². The summed E-state index contributed by atoms with van der Waals surface area (Å²) >= 11 is 0. The summed E-state index contributed by atoms with van der Waals surface area (Å²) in [4.78, 5) is 0. The molecular weight excluding hydrogens is 145 g/mol. The molecule has 1 fully saturated rings. The summed E-state index contributed by atoms with van der Waals surface area (Å²) in [6.07, 6.45) is 3.62. The summed E-state index contributed by atoms with van der Waals surface area (Å²) in [5, 5.41) is 0. The molecule has 0 N–H and O–H groups in total. The third kappa shape index (κ3) is 2.55. The topological polar surface area (TPSA) is 9.23 Å². The number of hydrogen-bond acceptors (Lipinski definition) is 1. The molecule has 0 amide bonds. The van der Waals surface area contributed by atoms with Crippen LogP contribution in [0.25, 0.3) is 0 Å². The van der Waals surface area contributed by atoms with Crippen molar-refractivity contribution < 1.29 is 12.9 Å². The molecule has 0 heterocycles. The molecule has 1 aliphatic rings. The van der Waals surface area contributed by atoms with Crippen molar-refractivity contribution in [2.45, 2.75) is 31.8 Å². The number of hydrogen-bond donors (Lipinski definition) is 0. The summed E-state index contributed by atoms with van der Waals surface area (Å²) in [7, 11) is -3.11. The van der Waals surface area contributed by atoms with Gasteiger partial charge in [0.2, 0.25) is 0 Å². The van der Waals surface area contributed by atoms with Gasteiger partial charge in [0.05, 0.1) is 6.10 Å². The van der Waals surface area contributed by atoms with Crippen molar-refractivity contribution in [2.24, 2.45) is 0 Å². The lowest BCUT2D eigenvalue weighted by Crippen LogP contribution is -2.00. The Balaban J connectivity index is 2.11. The Bertz CT molecular complexity index is 83.0. The van der Waals surface area contributed by atoms with E-state index in [0.717, 1.165) is 25.7 Å². The van der Waals surface area contributed by atoms with Crippen LogP contribution < -0.4 is 0 Å². The van der Waals surface area contributed by atoms with Crippen LogP contribution in [0.3, 0.4) is 0 Å².